The summed E-state index contributed by atoms with van der Waals surface area (Å²) in [7, 11) is 0. The van der Waals surface area contributed by atoms with Crippen LogP contribution in [0.15, 0.2) is 0 Å². The van der Waals surface area contributed by atoms with Crippen LogP contribution in [0.3, 0.4) is 0 Å². The monoisotopic (exact) mass is 302 g/mol. The van der Waals surface area contributed by atoms with Crippen LogP contribution >= 0.6 is 0 Å². The van der Waals surface area contributed by atoms with E-state index < -0.39 is 5.60 Å². The van der Waals surface area contributed by atoms with Crippen LogP contribution in [-0.2, 0) is 9.47 Å². The van der Waals surface area contributed by atoms with Gasteiger partial charge in [0.1, 0.15) is 0 Å². The van der Waals surface area contributed by atoms with Gasteiger partial charge in [-0.3, -0.25) is 0 Å². The summed E-state index contributed by atoms with van der Waals surface area (Å²) in [4.78, 5) is 0. The van der Waals surface area contributed by atoms with Crippen molar-refractivity contribution in [2.24, 2.45) is 5.41 Å². The van der Waals surface area contributed by atoms with Gasteiger partial charge in [0.15, 0.2) is 0 Å². The van der Waals surface area contributed by atoms with E-state index in [9.17, 15) is 5.11 Å². The molecule has 3 heteroatoms. The van der Waals surface area contributed by atoms with E-state index in [1.165, 1.54) is 0 Å². The fourth-order valence-corrected chi connectivity index (χ4v) is 2.50. The van der Waals surface area contributed by atoms with Crippen LogP contribution in [0.2, 0.25) is 0 Å². The Balaban J connectivity index is 4.85. The zero-order valence-corrected chi connectivity index (χ0v) is 15.7. The summed E-state index contributed by atoms with van der Waals surface area (Å²) in [6.07, 6.45) is 2.55. The summed E-state index contributed by atoms with van der Waals surface area (Å²) in [6.45, 7) is 19.4. The van der Waals surface area contributed by atoms with Crippen LogP contribution < -0.4 is 0 Å². The third kappa shape index (κ3) is 6.66. The molecule has 0 aliphatic rings. The van der Waals surface area contributed by atoms with Crippen molar-refractivity contribution in [2.75, 3.05) is 6.61 Å². The van der Waals surface area contributed by atoms with Gasteiger partial charge in [-0.2, -0.15) is 0 Å². The summed E-state index contributed by atoms with van der Waals surface area (Å²) < 4.78 is 12.2. The Morgan fingerprint density at radius 1 is 0.952 bits per heavy atom. The predicted molar refractivity (Wildman–Crippen MR) is 89.6 cm³/mol. The Kier molecular flexibility index (Phi) is 7.89. The maximum atomic E-state index is 10.2. The van der Waals surface area contributed by atoms with Gasteiger partial charge in [-0.05, 0) is 47.5 Å². The normalized spacial score (nSPS) is 20.1. The Bertz CT molecular complexity index is 297. The highest BCUT2D eigenvalue weighted by atomic mass is 16.5. The molecule has 0 fully saturated rings. The summed E-state index contributed by atoms with van der Waals surface area (Å²) in [6, 6.07) is 0. The highest BCUT2D eigenvalue weighted by Gasteiger charge is 2.42. The Morgan fingerprint density at radius 3 is 1.86 bits per heavy atom. The van der Waals surface area contributed by atoms with E-state index in [4.69, 9.17) is 9.47 Å². The van der Waals surface area contributed by atoms with E-state index in [0.29, 0.717) is 13.0 Å². The average Bonchev–Trinajstić information content (AvgIpc) is 2.35. The lowest BCUT2D eigenvalue weighted by molar-refractivity contribution is -0.178. The van der Waals surface area contributed by atoms with Crippen LogP contribution in [-0.4, -0.2) is 35.1 Å². The number of ether oxygens (including phenoxy) is 2. The van der Waals surface area contributed by atoms with Crippen molar-refractivity contribution in [2.45, 2.75) is 105 Å². The van der Waals surface area contributed by atoms with Crippen molar-refractivity contribution >= 4 is 0 Å². The van der Waals surface area contributed by atoms with Crippen molar-refractivity contribution < 1.29 is 14.6 Å². The molecule has 0 aromatic carbocycles. The van der Waals surface area contributed by atoms with Crippen molar-refractivity contribution in [1.29, 1.82) is 0 Å². The fraction of sp³-hybridized carbons (Fsp3) is 1.00. The molecule has 3 nitrogen and oxygen atoms in total. The minimum absolute atomic E-state index is 0.0169. The molecule has 0 heterocycles. The number of hydrogen-bond donors (Lipinski definition) is 1. The van der Waals surface area contributed by atoms with Crippen molar-refractivity contribution in [3.63, 3.8) is 0 Å². The van der Waals surface area contributed by atoms with E-state index in [2.05, 4.69) is 48.5 Å². The molecule has 0 aromatic heterocycles. The topological polar surface area (TPSA) is 38.7 Å². The molecule has 128 valence electrons. The second-order valence-electron chi connectivity index (χ2n) is 7.81. The number of hydrogen-bond acceptors (Lipinski definition) is 3. The predicted octanol–water partition coefficient (Wildman–Crippen LogP) is 4.56. The first kappa shape index (κ1) is 20.9. The minimum atomic E-state index is -0.660. The molecule has 0 amide bonds. The third-order valence-corrected chi connectivity index (χ3v) is 4.83. The van der Waals surface area contributed by atoms with E-state index in [0.717, 1.165) is 12.8 Å². The molecule has 3 atom stereocenters. The van der Waals surface area contributed by atoms with Crippen LogP contribution in [0.5, 0.6) is 0 Å². The second kappa shape index (κ2) is 7.94. The van der Waals surface area contributed by atoms with Gasteiger partial charge in [0, 0.05) is 11.8 Å². The zero-order valence-electron chi connectivity index (χ0n) is 15.7. The van der Waals surface area contributed by atoms with Crippen LogP contribution in [0.25, 0.3) is 0 Å². The molecule has 0 radical (unpaired) electrons. The van der Waals surface area contributed by atoms with Crippen molar-refractivity contribution in [3.8, 4) is 0 Å². The molecule has 21 heavy (non-hydrogen) atoms. The highest BCUT2D eigenvalue weighted by Crippen LogP contribution is 2.39. The molecule has 1 N–H and O–H groups in total. The van der Waals surface area contributed by atoms with E-state index in [1.54, 1.807) is 0 Å². The SMILES string of the molecule is CCC(C)(O)CC(C)OC(C)(CC)C(C)(C)COC(C)C. The van der Waals surface area contributed by atoms with Crippen LogP contribution in [0, 0.1) is 5.41 Å². The van der Waals surface area contributed by atoms with Gasteiger partial charge in [0.05, 0.1) is 30.0 Å². The molecule has 3 unspecified atom stereocenters. The quantitative estimate of drug-likeness (QED) is 0.643. The summed E-state index contributed by atoms with van der Waals surface area (Å²) in [5.74, 6) is 0. The molecule has 0 aromatic rings. The Labute approximate surface area is 132 Å². The summed E-state index contributed by atoms with van der Waals surface area (Å²) in [5.41, 5.74) is -1.02. The Morgan fingerprint density at radius 2 is 1.48 bits per heavy atom. The first-order valence-electron chi connectivity index (χ1n) is 8.41. The smallest absolute Gasteiger partial charge is 0.0728 e. The van der Waals surface area contributed by atoms with Gasteiger partial charge in [0.2, 0.25) is 0 Å². The van der Waals surface area contributed by atoms with Gasteiger partial charge in [-0.1, -0.05) is 27.7 Å². The zero-order chi connectivity index (χ0) is 16.9. The molecule has 0 spiro atoms. The number of aliphatic hydroxyl groups is 1. The molecule has 0 saturated heterocycles. The largest absolute Gasteiger partial charge is 0.390 e. The maximum absolute atomic E-state index is 10.2. The molecule has 0 saturated carbocycles. The average molecular weight is 302 g/mol. The first-order chi connectivity index (χ1) is 9.39. The minimum Gasteiger partial charge on any atom is -0.390 e. The van der Waals surface area contributed by atoms with Crippen molar-refractivity contribution in [3.05, 3.63) is 0 Å². The van der Waals surface area contributed by atoms with Gasteiger partial charge in [-0.15, -0.1) is 0 Å². The molecule has 0 aliphatic heterocycles. The summed E-state index contributed by atoms with van der Waals surface area (Å²) in [5, 5.41) is 10.2. The van der Waals surface area contributed by atoms with Gasteiger partial charge < -0.3 is 14.6 Å². The molecular weight excluding hydrogens is 264 g/mol. The lowest BCUT2D eigenvalue weighted by Crippen LogP contribution is -2.49. The fourth-order valence-electron chi connectivity index (χ4n) is 2.50. The standard InChI is InChI=1S/C18H38O3/c1-10-17(8,19)12-15(5)21-18(9,11-2)16(6,7)13-20-14(3)4/h14-15,19H,10-13H2,1-9H3. The van der Waals surface area contributed by atoms with Gasteiger partial charge in [0.25, 0.3) is 0 Å². The van der Waals surface area contributed by atoms with E-state index >= 15 is 0 Å². The van der Waals surface area contributed by atoms with Crippen molar-refractivity contribution in [1.82, 2.24) is 0 Å². The lowest BCUT2D eigenvalue weighted by Gasteiger charge is -2.46. The first-order valence-corrected chi connectivity index (χ1v) is 8.41. The lowest BCUT2D eigenvalue weighted by atomic mass is 9.74. The molecule has 0 aliphatic carbocycles. The molecule has 0 rings (SSSR count). The van der Waals surface area contributed by atoms with Crippen LogP contribution in [0.1, 0.15) is 81.6 Å². The van der Waals surface area contributed by atoms with Gasteiger partial charge >= 0.3 is 0 Å². The summed E-state index contributed by atoms with van der Waals surface area (Å²) >= 11 is 0. The van der Waals surface area contributed by atoms with E-state index in [1.807, 2.05) is 13.8 Å². The second-order valence-corrected chi connectivity index (χ2v) is 7.81. The highest BCUT2D eigenvalue weighted by molar-refractivity contribution is 4.92. The van der Waals surface area contributed by atoms with Crippen LogP contribution in [0.4, 0.5) is 0 Å². The van der Waals surface area contributed by atoms with Gasteiger partial charge in [-0.25, -0.2) is 0 Å². The third-order valence-electron chi connectivity index (χ3n) is 4.83. The number of rotatable bonds is 10. The van der Waals surface area contributed by atoms with E-state index in [-0.39, 0.29) is 23.2 Å². The Hall–Kier alpha value is -0.120. The molecular formula is C18H38O3. The molecule has 0 bridgehead atoms. The maximum Gasteiger partial charge on any atom is 0.0728 e.